The lowest BCUT2D eigenvalue weighted by Gasteiger charge is -2.11. The first-order valence-electron chi connectivity index (χ1n) is 6.00. The summed E-state index contributed by atoms with van der Waals surface area (Å²) in [5.41, 5.74) is 6.60. The molecule has 0 aromatic carbocycles. The molecule has 6 heteroatoms. The number of H-pyrrole nitrogens is 1. The molecule has 4 N–H and O–H groups in total. The fraction of sp³-hybridized carbons (Fsp3) is 0.583. The maximum Gasteiger partial charge on any atom is 0.150 e. The molecule has 0 bridgehead atoms. The monoisotopic (exact) mass is 252 g/mol. The van der Waals surface area contributed by atoms with Crippen LogP contribution in [0.2, 0.25) is 0 Å². The lowest BCUT2D eigenvalue weighted by Crippen LogP contribution is -2.35. The highest BCUT2D eigenvalue weighted by atomic mass is 16.1. The Hall–Kier alpha value is -1.53. The summed E-state index contributed by atoms with van der Waals surface area (Å²) in [6.45, 7) is 1.78. The second-order valence-electron chi connectivity index (χ2n) is 4.33. The van der Waals surface area contributed by atoms with E-state index in [4.69, 9.17) is 5.73 Å². The summed E-state index contributed by atoms with van der Waals surface area (Å²) >= 11 is 0. The van der Waals surface area contributed by atoms with Crippen molar-refractivity contribution in [2.75, 3.05) is 7.05 Å². The molecule has 0 aliphatic rings. The van der Waals surface area contributed by atoms with E-state index in [1.54, 1.807) is 26.5 Å². The van der Waals surface area contributed by atoms with Crippen LogP contribution in [-0.4, -0.2) is 40.7 Å². The maximum atomic E-state index is 11.8. The zero-order valence-corrected chi connectivity index (χ0v) is 10.8. The van der Waals surface area contributed by atoms with Crippen molar-refractivity contribution >= 4 is 11.6 Å². The predicted molar refractivity (Wildman–Crippen MR) is 68.0 cm³/mol. The van der Waals surface area contributed by atoms with Gasteiger partial charge in [0.15, 0.2) is 0 Å². The summed E-state index contributed by atoms with van der Waals surface area (Å²) in [6.07, 6.45) is 4.04. The Morgan fingerprint density at radius 1 is 1.44 bits per heavy atom. The largest absolute Gasteiger partial charge is 0.348 e. The van der Waals surface area contributed by atoms with Gasteiger partial charge in [-0.05, 0) is 14.0 Å². The lowest BCUT2D eigenvalue weighted by atomic mass is 10.0. The van der Waals surface area contributed by atoms with Gasteiger partial charge >= 0.3 is 0 Å². The van der Waals surface area contributed by atoms with Gasteiger partial charge in [0.2, 0.25) is 0 Å². The minimum atomic E-state index is -0.580. The fourth-order valence-electron chi connectivity index (χ4n) is 1.56. The van der Waals surface area contributed by atoms with Crippen LogP contribution in [0, 0.1) is 0 Å². The Balaban J connectivity index is 2.34. The van der Waals surface area contributed by atoms with E-state index in [1.807, 2.05) is 0 Å². The predicted octanol–water partition coefficient (Wildman–Crippen LogP) is -0.194. The molecule has 0 aliphatic carbocycles. The number of nitrogens with one attached hydrogen (secondary N) is 2. The number of hydrogen-bond acceptors (Lipinski definition) is 5. The van der Waals surface area contributed by atoms with Gasteiger partial charge in [0.1, 0.15) is 11.6 Å². The number of rotatable bonds is 8. The lowest BCUT2D eigenvalue weighted by molar-refractivity contribution is -0.125. The number of aromatic amines is 1. The molecule has 0 saturated heterocycles. The second kappa shape index (κ2) is 7.03. The van der Waals surface area contributed by atoms with Crippen molar-refractivity contribution in [2.24, 2.45) is 5.73 Å². The zero-order chi connectivity index (χ0) is 13.5. The van der Waals surface area contributed by atoms with E-state index in [2.05, 4.69) is 15.3 Å². The molecule has 1 rings (SSSR count). The number of hydrogen-bond donors (Lipinski definition) is 3. The molecule has 1 aromatic rings. The van der Waals surface area contributed by atoms with E-state index in [1.165, 1.54) is 0 Å². The molecule has 1 aromatic heterocycles. The summed E-state index contributed by atoms with van der Waals surface area (Å²) in [6, 6.07) is -0.801. The number of aromatic nitrogens is 2. The molecule has 0 saturated carbocycles. The molecule has 1 heterocycles. The summed E-state index contributed by atoms with van der Waals surface area (Å²) in [5, 5.41) is 2.85. The van der Waals surface area contributed by atoms with Crippen molar-refractivity contribution in [3.8, 4) is 0 Å². The van der Waals surface area contributed by atoms with Crippen LogP contribution in [-0.2, 0) is 16.0 Å². The van der Waals surface area contributed by atoms with Gasteiger partial charge in [-0.3, -0.25) is 9.59 Å². The van der Waals surface area contributed by atoms with Crippen molar-refractivity contribution in [3.05, 3.63) is 18.2 Å². The van der Waals surface area contributed by atoms with Crippen LogP contribution in [0.1, 0.15) is 25.5 Å². The molecule has 0 unspecified atom stereocenters. The van der Waals surface area contributed by atoms with Crippen LogP contribution in [0.5, 0.6) is 0 Å². The van der Waals surface area contributed by atoms with Gasteiger partial charge in [-0.2, -0.15) is 0 Å². The fourth-order valence-corrected chi connectivity index (χ4v) is 1.56. The Kier molecular flexibility index (Phi) is 5.67. The number of likely N-dealkylation sites (N-methyl/N-ethyl adjacent to an activating group) is 1. The van der Waals surface area contributed by atoms with E-state index in [0.717, 1.165) is 5.69 Å². The first kappa shape index (κ1) is 14.5. The molecular weight excluding hydrogens is 232 g/mol. The van der Waals surface area contributed by atoms with Crippen molar-refractivity contribution < 1.29 is 9.59 Å². The van der Waals surface area contributed by atoms with E-state index in [-0.39, 0.29) is 30.4 Å². The van der Waals surface area contributed by atoms with Gasteiger partial charge in [0.05, 0.1) is 18.4 Å². The number of carbonyl (C=O) groups excluding carboxylic acids is 2. The van der Waals surface area contributed by atoms with Gasteiger partial charge in [0.25, 0.3) is 0 Å². The summed E-state index contributed by atoms with van der Waals surface area (Å²) in [5.74, 6) is -0.0687. The number of nitrogens with zero attached hydrogens (tertiary/aromatic N) is 1. The number of imidazole rings is 1. The minimum Gasteiger partial charge on any atom is -0.348 e. The van der Waals surface area contributed by atoms with E-state index in [0.29, 0.717) is 6.42 Å². The van der Waals surface area contributed by atoms with Crippen molar-refractivity contribution in [1.82, 2.24) is 15.3 Å². The average molecular weight is 252 g/mol. The number of nitrogens with two attached hydrogens (primary N) is 1. The van der Waals surface area contributed by atoms with Gasteiger partial charge in [-0.1, -0.05) is 0 Å². The van der Waals surface area contributed by atoms with Crippen LogP contribution in [0.15, 0.2) is 12.5 Å². The zero-order valence-electron chi connectivity index (χ0n) is 10.8. The highest BCUT2D eigenvalue weighted by Crippen LogP contribution is 2.03. The average Bonchev–Trinajstić information content (AvgIpc) is 2.87. The molecule has 2 atom stereocenters. The Bertz CT molecular complexity index is 389. The van der Waals surface area contributed by atoms with Gasteiger partial charge < -0.3 is 16.0 Å². The SMILES string of the molecule is CN[C@@H](C)C(=O)CCC(=O)[C@@H](N)Cc1cnc[nH]1. The van der Waals surface area contributed by atoms with Crippen molar-refractivity contribution in [1.29, 1.82) is 0 Å². The Labute approximate surface area is 106 Å². The number of Topliss-reactive ketones (excluding diaryl/α,β-unsaturated/α-hetero) is 2. The van der Waals surface area contributed by atoms with Crippen LogP contribution in [0.3, 0.4) is 0 Å². The first-order chi connectivity index (χ1) is 8.54. The van der Waals surface area contributed by atoms with Gasteiger partial charge in [0, 0.05) is 31.2 Å². The van der Waals surface area contributed by atoms with Crippen molar-refractivity contribution in [3.63, 3.8) is 0 Å². The highest BCUT2D eigenvalue weighted by molar-refractivity contribution is 5.90. The Morgan fingerprint density at radius 3 is 2.67 bits per heavy atom. The normalized spacial score (nSPS) is 14.2. The third-order valence-corrected chi connectivity index (χ3v) is 2.94. The maximum absolute atomic E-state index is 11.8. The smallest absolute Gasteiger partial charge is 0.150 e. The molecule has 6 nitrogen and oxygen atoms in total. The van der Waals surface area contributed by atoms with Crippen LogP contribution in [0.25, 0.3) is 0 Å². The van der Waals surface area contributed by atoms with Gasteiger partial charge in [-0.25, -0.2) is 4.98 Å². The molecule has 18 heavy (non-hydrogen) atoms. The highest BCUT2D eigenvalue weighted by Gasteiger charge is 2.17. The standard InChI is InChI=1S/C12H20N4O2/c1-8(14-2)11(17)3-4-12(18)10(13)5-9-6-15-7-16-9/h6-8,10,14H,3-5,13H2,1-2H3,(H,15,16)/t8-,10-/m0/s1. The van der Waals surface area contributed by atoms with Crippen molar-refractivity contribution in [2.45, 2.75) is 38.3 Å². The van der Waals surface area contributed by atoms with E-state index < -0.39 is 6.04 Å². The third-order valence-electron chi connectivity index (χ3n) is 2.94. The van der Waals surface area contributed by atoms with E-state index in [9.17, 15) is 9.59 Å². The molecule has 0 aliphatic heterocycles. The second-order valence-corrected chi connectivity index (χ2v) is 4.33. The summed E-state index contributed by atoms with van der Waals surface area (Å²) in [7, 11) is 1.72. The number of carbonyl (C=O) groups is 2. The minimum absolute atomic E-state index is 0.0274. The molecule has 100 valence electrons. The number of ketones is 2. The third kappa shape index (κ3) is 4.38. The Morgan fingerprint density at radius 2 is 2.11 bits per heavy atom. The molecule has 0 spiro atoms. The first-order valence-corrected chi connectivity index (χ1v) is 6.00. The van der Waals surface area contributed by atoms with Gasteiger partial charge in [-0.15, -0.1) is 0 Å². The topological polar surface area (TPSA) is 101 Å². The molecule has 0 fully saturated rings. The van der Waals surface area contributed by atoms with Crippen LogP contribution < -0.4 is 11.1 Å². The molecule has 0 amide bonds. The van der Waals surface area contributed by atoms with Crippen LogP contribution >= 0.6 is 0 Å². The summed E-state index contributed by atoms with van der Waals surface area (Å²) < 4.78 is 0. The molecule has 0 radical (unpaired) electrons. The van der Waals surface area contributed by atoms with Crippen LogP contribution in [0.4, 0.5) is 0 Å². The summed E-state index contributed by atoms with van der Waals surface area (Å²) in [4.78, 5) is 30.1. The molecular formula is C12H20N4O2. The van der Waals surface area contributed by atoms with E-state index >= 15 is 0 Å². The quantitative estimate of drug-likeness (QED) is 0.595.